The van der Waals surface area contributed by atoms with Crippen LogP contribution < -0.4 is 0 Å². The Kier molecular flexibility index (Phi) is 2.10. The zero-order chi connectivity index (χ0) is 9.26. The number of rotatable bonds is 1. The van der Waals surface area contributed by atoms with Crippen molar-refractivity contribution in [1.29, 1.82) is 0 Å². The average molecular weight is 190 g/mol. The molecule has 0 N–H and O–H groups in total. The van der Waals surface area contributed by atoms with Crippen LogP contribution in [-0.4, -0.2) is 9.97 Å². The van der Waals surface area contributed by atoms with Gasteiger partial charge in [-0.05, 0) is 25.5 Å². The van der Waals surface area contributed by atoms with Gasteiger partial charge in [0.15, 0.2) is 0 Å². The fourth-order valence-corrected chi connectivity index (χ4v) is 1.94. The molecule has 0 aromatic carbocycles. The molecule has 13 heavy (non-hydrogen) atoms. The third-order valence-corrected chi connectivity index (χ3v) is 2.74. The Hall–Kier alpha value is -1.22. The van der Waals surface area contributed by atoms with Crippen LogP contribution >= 0.6 is 11.3 Å². The first-order chi connectivity index (χ1) is 6.25. The van der Waals surface area contributed by atoms with Crippen LogP contribution in [0.2, 0.25) is 0 Å². The summed E-state index contributed by atoms with van der Waals surface area (Å²) in [6, 6.07) is 2.12. The second-order valence-corrected chi connectivity index (χ2v) is 4.23. The van der Waals surface area contributed by atoms with Gasteiger partial charge in [0.2, 0.25) is 0 Å². The molecule has 0 aliphatic heterocycles. The van der Waals surface area contributed by atoms with Gasteiger partial charge >= 0.3 is 0 Å². The van der Waals surface area contributed by atoms with Crippen molar-refractivity contribution in [2.75, 3.05) is 0 Å². The van der Waals surface area contributed by atoms with Crippen LogP contribution in [0, 0.1) is 13.8 Å². The minimum Gasteiger partial charge on any atom is -0.264 e. The van der Waals surface area contributed by atoms with Crippen molar-refractivity contribution in [3.63, 3.8) is 0 Å². The van der Waals surface area contributed by atoms with Gasteiger partial charge in [0.25, 0.3) is 0 Å². The lowest BCUT2D eigenvalue weighted by Crippen LogP contribution is -1.78. The molecule has 0 spiro atoms. The molecule has 0 aliphatic carbocycles. The largest absolute Gasteiger partial charge is 0.264 e. The van der Waals surface area contributed by atoms with E-state index in [2.05, 4.69) is 16.0 Å². The van der Waals surface area contributed by atoms with Crippen LogP contribution in [0.4, 0.5) is 0 Å². The first kappa shape index (κ1) is 8.38. The van der Waals surface area contributed by atoms with Crippen molar-refractivity contribution in [2.45, 2.75) is 13.8 Å². The standard InChI is InChI=1S/C10H10N2S/c1-7-3-9(5-11-4-7)10-6-12-8(2)13-10/h3-6H,1-2H3. The van der Waals surface area contributed by atoms with E-state index in [1.165, 1.54) is 10.4 Å². The SMILES string of the molecule is Cc1cncc(-c2cnc(C)s2)c1. The highest BCUT2D eigenvalue weighted by Gasteiger charge is 2.01. The van der Waals surface area contributed by atoms with Gasteiger partial charge in [-0.2, -0.15) is 0 Å². The van der Waals surface area contributed by atoms with Crippen LogP contribution in [-0.2, 0) is 0 Å². The van der Waals surface area contributed by atoms with E-state index in [9.17, 15) is 0 Å². The van der Waals surface area contributed by atoms with E-state index >= 15 is 0 Å². The lowest BCUT2D eigenvalue weighted by molar-refractivity contribution is 1.27. The summed E-state index contributed by atoms with van der Waals surface area (Å²) in [5.41, 5.74) is 2.34. The number of hydrogen-bond donors (Lipinski definition) is 0. The van der Waals surface area contributed by atoms with E-state index in [1.807, 2.05) is 32.4 Å². The Bertz CT molecular complexity index is 420. The van der Waals surface area contributed by atoms with Crippen molar-refractivity contribution in [3.8, 4) is 10.4 Å². The molecule has 2 nitrogen and oxygen atoms in total. The second kappa shape index (κ2) is 3.26. The number of aryl methyl sites for hydroxylation is 2. The Balaban J connectivity index is 2.46. The Morgan fingerprint density at radius 1 is 1.15 bits per heavy atom. The molecule has 2 heterocycles. The predicted molar refractivity (Wildman–Crippen MR) is 54.8 cm³/mol. The summed E-state index contributed by atoms with van der Waals surface area (Å²) in [4.78, 5) is 9.55. The molecular formula is C10H10N2S. The quantitative estimate of drug-likeness (QED) is 0.691. The number of nitrogens with zero attached hydrogens (tertiary/aromatic N) is 2. The molecule has 0 fully saturated rings. The zero-order valence-electron chi connectivity index (χ0n) is 7.61. The highest BCUT2D eigenvalue weighted by molar-refractivity contribution is 7.15. The second-order valence-electron chi connectivity index (χ2n) is 2.99. The van der Waals surface area contributed by atoms with Gasteiger partial charge in [-0.25, -0.2) is 4.98 Å². The summed E-state index contributed by atoms with van der Waals surface area (Å²) >= 11 is 1.70. The Morgan fingerprint density at radius 2 is 2.00 bits per heavy atom. The summed E-state index contributed by atoms with van der Waals surface area (Å²) in [7, 11) is 0. The van der Waals surface area contributed by atoms with Crippen molar-refractivity contribution >= 4 is 11.3 Å². The van der Waals surface area contributed by atoms with Crippen LogP contribution in [0.5, 0.6) is 0 Å². The molecule has 0 bridgehead atoms. The predicted octanol–water partition coefficient (Wildman–Crippen LogP) is 2.82. The van der Waals surface area contributed by atoms with Crippen molar-refractivity contribution < 1.29 is 0 Å². The first-order valence-corrected chi connectivity index (χ1v) is 4.92. The molecule has 2 aromatic heterocycles. The number of aromatic nitrogens is 2. The third-order valence-electron chi connectivity index (χ3n) is 1.78. The third kappa shape index (κ3) is 1.75. The maximum absolute atomic E-state index is 4.21. The molecule has 2 rings (SSSR count). The summed E-state index contributed by atoms with van der Waals surface area (Å²) in [6.07, 6.45) is 5.63. The Labute approximate surface area is 81.3 Å². The fraction of sp³-hybridized carbons (Fsp3) is 0.200. The van der Waals surface area contributed by atoms with Gasteiger partial charge in [-0.15, -0.1) is 11.3 Å². The van der Waals surface area contributed by atoms with E-state index in [4.69, 9.17) is 0 Å². The minimum absolute atomic E-state index is 1.09. The highest BCUT2D eigenvalue weighted by atomic mass is 32.1. The van der Waals surface area contributed by atoms with Gasteiger partial charge in [-0.1, -0.05) is 0 Å². The molecular weight excluding hydrogens is 180 g/mol. The molecule has 2 aromatic rings. The molecule has 0 unspecified atom stereocenters. The number of thiazole rings is 1. The summed E-state index contributed by atoms with van der Waals surface area (Å²) in [5.74, 6) is 0. The smallest absolute Gasteiger partial charge is 0.0900 e. The first-order valence-electron chi connectivity index (χ1n) is 4.10. The molecule has 0 saturated heterocycles. The van der Waals surface area contributed by atoms with Crippen LogP contribution in [0.25, 0.3) is 10.4 Å². The van der Waals surface area contributed by atoms with Crippen molar-refractivity contribution in [2.24, 2.45) is 0 Å². The van der Waals surface area contributed by atoms with Gasteiger partial charge in [-0.3, -0.25) is 4.98 Å². The molecule has 66 valence electrons. The lowest BCUT2D eigenvalue weighted by Gasteiger charge is -1.96. The molecule has 0 radical (unpaired) electrons. The van der Waals surface area contributed by atoms with Gasteiger partial charge in [0.05, 0.1) is 9.88 Å². The topological polar surface area (TPSA) is 25.8 Å². The number of hydrogen-bond acceptors (Lipinski definition) is 3. The zero-order valence-corrected chi connectivity index (χ0v) is 8.43. The average Bonchev–Trinajstić information content (AvgIpc) is 2.52. The summed E-state index contributed by atoms with van der Waals surface area (Å²) < 4.78 is 0. The van der Waals surface area contributed by atoms with Gasteiger partial charge < -0.3 is 0 Å². The molecule has 0 atom stereocenters. The van der Waals surface area contributed by atoms with Crippen LogP contribution in [0.1, 0.15) is 10.6 Å². The van der Waals surface area contributed by atoms with E-state index < -0.39 is 0 Å². The van der Waals surface area contributed by atoms with Crippen LogP contribution in [0.15, 0.2) is 24.7 Å². The lowest BCUT2D eigenvalue weighted by atomic mass is 10.2. The summed E-state index contributed by atoms with van der Waals surface area (Å²) in [5, 5.41) is 1.09. The van der Waals surface area contributed by atoms with Gasteiger partial charge in [0, 0.05) is 24.2 Å². The molecule has 0 saturated carbocycles. The minimum atomic E-state index is 1.09. The van der Waals surface area contributed by atoms with E-state index in [1.54, 1.807) is 11.3 Å². The molecule has 0 aliphatic rings. The Morgan fingerprint density at radius 3 is 2.62 bits per heavy atom. The maximum atomic E-state index is 4.21. The van der Waals surface area contributed by atoms with Gasteiger partial charge in [0.1, 0.15) is 0 Å². The van der Waals surface area contributed by atoms with Crippen molar-refractivity contribution in [3.05, 3.63) is 35.2 Å². The summed E-state index contributed by atoms with van der Waals surface area (Å²) in [6.45, 7) is 4.06. The maximum Gasteiger partial charge on any atom is 0.0900 e. The van der Waals surface area contributed by atoms with Crippen LogP contribution in [0.3, 0.4) is 0 Å². The van der Waals surface area contributed by atoms with Crippen molar-refractivity contribution in [1.82, 2.24) is 9.97 Å². The fourth-order valence-electron chi connectivity index (χ4n) is 1.18. The van der Waals surface area contributed by atoms with E-state index in [-0.39, 0.29) is 0 Å². The monoisotopic (exact) mass is 190 g/mol. The molecule has 0 amide bonds. The highest BCUT2D eigenvalue weighted by Crippen LogP contribution is 2.25. The normalized spacial score (nSPS) is 10.3. The number of pyridine rings is 1. The van der Waals surface area contributed by atoms with E-state index in [0.29, 0.717) is 0 Å². The van der Waals surface area contributed by atoms with E-state index in [0.717, 1.165) is 10.6 Å². The molecule has 3 heteroatoms.